The zero-order valence-corrected chi connectivity index (χ0v) is 15.4. The lowest BCUT2D eigenvalue weighted by Gasteiger charge is -2.17. The van der Waals surface area contributed by atoms with Gasteiger partial charge in [-0.25, -0.2) is 0 Å². The Morgan fingerprint density at radius 3 is 2.22 bits per heavy atom. The minimum atomic E-state index is -0.0403. The Kier molecular flexibility index (Phi) is 4.38. The Morgan fingerprint density at radius 1 is 0.889 bits per heavy atom. The molecule has 0 saturated heterocycles. The van der Waals surface area contributed by atoms with Crippen molar-refractivity contribution in [2.75, 3.05) is 0 Å². The number of halogens is 1. The summed E-state index contributed by atoms with van der Waals surface area (Å²) >= 11 is 6.06. The summed E-state index contributed by atoms with van der Waals surface area (Å²) in [6, 6.07) is 24.0. The van der Waals surface area contributed by atoms with Crippen LogP contribution >= 0.6 is 11.6 Å². The van der Waals surface area contributed by atoms with Gasteiger partial charge in [-0.1, -0.05) is 48.0 Å². The maximum absolute atomic E-state index is 12.7. The third kappa shape index (κ3) is 3.18. The fraction of sp³-hybridized carbons (Fsp3) is 0.0435. The molecule has 0 radical (unpaired) electrons. The van der Waals surface area contributed by atoms with E-state index >= 15 is 0 Å². The SMILES string of the molecule is CC(=O)c1ccc(-c2cc(=O)c3ccccc3n2-c2ccc(Cl)cc2)cc1. The van der Waals surface area contributed by atoms with E-state index in [2.05, 4.69) is 0 Å². The van der Waals surface area contributed by atoms with Crippen molar-refractivity contribution in [3.8, 4) is 16.9 Å². The molecule has 132 valence electrons. The maximum Gasteiger partial charge on any atom is 0.190 e. The van der Waals surface area contributed by atoms with E-state index in [1.54, 1.807) is 18.2 Å². The molecule has 27 heavy (non-hydrogen) atoms. The van der Waals surface area contributed by atoms with Gasteiger partial charge in [0.15, 0.2) is 11.2 Å². The maximum atomic E-state index is 12.7. The van der Waals surface area contributed by atoms with Crippen LogP contribution in [0.5, 0.6) is 0 Å². The molecule has 0 aliphatic heterocycles. The summed E-state index contributed by atoms with van der Waals surface area (Å²) in [4.78, 5) is 24.3. The topological polar surface area (TPSA) is 39.1 Å². The van der Waals surface area contributed by atoms with E-state index in [1.807, 2.05) is 65.2 Å². The van der Waals surface area contributed by atoms with Crippen LogP contribution in [0.25, 0.3) is 27.8 Å². The Labute approximate surface area is 161 Å². The van der Waals surface area contributed by atoms with E-state index in [0.717, 1.165) is 22.5 Å². The first-order valence-corrected chi connectivity index (χ1v) is 8.94. The summed E-state index contributed by atoms with van der Waals surface area (Å²) in [6.45, 7) is 1.54. The van der Waals surface area contributed by atoms with Gasteiger partial charge in [0.2, 0.25) is 0 Å². The minimum Gasteiger partial charge on any atom is -0.309 e. The molecule has 3 nitrogen and oxygen atoms in total. The van der Waals surface area contributed by atoms with Gasteiger partial charge in [0.1, 0.15) is 0 Å². The smallest absolute Gasteiger partial charge is 0.190 e. The fourth-order valence-corrected chi connectivity index (χ4v) is 3.36. The molecule has 0 atom stereocenters. The second-order valence-electron chi connectivity index (χ2n) is 6.36. The zero-order chi connectivity index (χ0) is 19.0. The van der Waals surface area contributed by atoms with Gasteiger partial charge < -0.3 is 4.57 Å². The number of hydrogen-bond donors (Lipinski definition) is 0. The molecule has 0 N–H and O–H groups in total. The molecular weight excluding hydrogens is 358 g/mol. The summed E-state index contributed by atoms with van der Waals surface area (Å²) in [7, 11) is 0. The van der Waals surface area contributed by atoms with Crippen molar-refractivity contribution in [3.05, 3.63) is 99.7 Å². The van der Waals surface area contributed by atoms with Crippen molar-refractivity contribution < 1.29 is 4.79 Å². The average molecular weight is 374 g/mol. The van der Waals surface area contributed by atoms with E-state index in [0.29, 0.717) is 16.0 Å². The third-order valence-corrected chi connectivity index (χ3v) is 4.84. The van der Waals surface area contributed by atoms with E-state index in [4.69, 9.17) is 11.6 Å². The quantitative estimate of drug-likeness (QED) is 0.444. The number of benzene rings is 3. The molecule has 1 heterocycles. The molecule has 4 rings (SSSR count). The first kappa shape index (κ1) is 17.3. The van der Waals surface area contributed by atoms with Crippen LogP contribution in [0.3, 0.4) is 0 Å². The number of hydrogen-bond acceptors (Lipinski definition) is 2. The van der Waals surface area contributed by atoms with Gasteiger partial charge in [-0.3, -0.25) is 9.59 Å². The number of Topliss-reactive ketones (excluding diaryl/α,β-unsaturated/α-hetero) is 1. The largest absolute Gasteiger partial charge is 0.309 e. The van der Waals surface area contributed by atoms with Crippen LogP contribution in [0.15, 0.2) is 83.7 Å². The van der Waals surface area contributed by atoms with Gasteiger partial charge in [0.05, 0.1) is 11.2 Å². The predicted molar refractivity (Wildman–Crippen MR) is 110 cm³/mol. The molecule has 4 aromatic rings. The molecule has 0 bridgehead atoms. The van der Waals surface area contributed by atoms with Gasteiger partial charge in [0.25, 0.3) is 0 Å². The van der Waals surface area contributed by atoms with Crippen molar-refractivity contribution >= 4 is 28.3 Å². The highest BCUT2D eigenvalue weighted by atomic mass is 35.5. The average Bonchev–Trinajstić information content (AvgIpc) is 2.69. The van der Waals surface area contributed by atoms with Gasteiger partial charge in [-0.2, -0.15) is 0 Å². The first-order chi connectivity index (χ1) is 13.0. The lowest BCUT2D eigenvalue weighted by atomic mass is 10.0. The van der Waals surface area contributed by atoms with E-state index < -0.39 is 0 Å². The molecule has 3 aromatic carbocycles. The summed E-state index contributed by atoms with van der Waals surface area (Å²) < 4.78 is 2.04. The Morgan fingerprint density at radius 2 is 1.56 bits per heavy atom. The highest BCUT2D eigenvalue weighted by molar-refractivity contribution is 6.30. The summed E-state index contributed by atoms with van der Waals surface area (Å²) in [6.07, 6.45) is 0. The predicted octanol–water partition coefficient (Wildman–Crippen LogP) is 5.51. The highest BCUT2D eigenvalue weighted by Gasteiger charge is 2.13. The Hall–Kier alpha value is -3.17. The standard InChI is InChI=1S/C23H16ClNO2/c1-15(26)16-6-8-17(9-7-16)22-14-23(27)20-4-2-3-5-21(20)25(22)19-12-10-18(24)11-13-19/h2-14H,1H3. The molecule has 1 aromatic heterocycles. The van der Waals surface area contributed by atoms with E-state index in [9.17, 15) is 9.59 Å². The van der Waals surface area contributed by atoms with Crippen molar-refractivity contribution in [2.24, 2.45) is 0 Å². The number of rotatable bonds is 3. The first-order valence-electron chi connectivity index (χ1n) is 8.57. The lowest BCUT2D eigenvalue weighted by Crippen LogP contribution is -2.10. The number of carbonyl (C=O) groups is 1. The number of carbonyl (C=O) groups excluding carboxylic acids is 1. The van der Waals surface area contributed by atoms with Crippen molar-refractivity contribution in [2.45, 2.75) is 6.92 Å². The lowest BCUT2D eigenvalue weighted by molar-refractivity contribution is 0.101. The van der Waals surface area contributed by atoms with E-state index in [-0.39, 0.29) is 11.2 Å². The molecular formula is C23H16ClNO2. The van der Waals surface area contributed by atoms with E-state index in [1.165, 1.54) is 6.92 Å². The van der Waals surface area contributed by atoms with Crippen molar-refractivity contribution in [3.63, 3.8) is 0 Å². The van der Waals surface area contributed by atoms with Crippen LogP contribution in [0.2, 0.25) is 5.02 Å². The third-order valence-electron chi connectivity index (χ3n) is 4.59. The normalized spacial score (nSPS) is 10.9. The molecule has 0 unspecified atom stereocenters. The van der Waals surface area contributed by atoms with Crippen LogP contribution in [0, 0.1) is 0 Å². The fourth-order valence-electron chi connectivity index (χ4n) is 3.23. The summed E-state index contributed by atoms with van der Waals surface area (Å²) in [5.74, 6) is 0.00940. The van der Waals surface area contributed by atoms with Gasteiger partial charge in [-0.05, 0) is 48.9 Å². The van der Waals surface area contributed by atoms with Crippen LogP contribution in [-0.2, 0) is 0 Å². The second kappa shape index (κ2) is 6.86. The second-order valence-corrected chi connectivity index (χ2v) is 6.79. The summed E-state index contributed by atoms with van der Waals surface area (Å²) in [5, 5.41) is 1.30. The van der Waals surface area contributed by atoms with Gasteiger partial charge >= 0.3 is 0 Å². The number of para-hydroxylation sites is 1. The van der Waals surface area contributed by atoms with Crippen molar-refractivity contribution in [1.82, 2.24) is 4.57 Å². The molecule has 0 aliphatic carbocycles. The molecule has 0 fully saturated rings. The monoisotopic (exact) mass is 373 g/mol. The van der Waals surface area contributed by atoms with Crippen LogP contribution in [-0.4, -0.2) is 10.4 Å². The molecule has 4 heteroatoms. The van der Waals surface area contributed by atoms with Gasteiger partial charge in [-0.15, -0.1) is 0 Å². The van der Waals surface area contributed by atoms with Crippen molar-refractivity contribution in [1.29, 1.82) is 0 Å². The molecule has 0 spiro atoms. The number of pyridine rings is 1. The zero-order valence-electron chi connectivity index (χ0n) is 14.6. The summed E-state index contributed by atoms with van der Waals surface area (Å²) in [5.41, 5.74) is 3.94. The highest BCUT2D eigenvalue weighted by Crippen LogP contribution is 2.27. The Bertz CT molecular complexity index is 1210. The number of nitrogens with zero attached hydrogens (tertiary/aromatic N) is 1. The molecule has 0 amide bonds. The molecule has 0 saturated carbocycles. The van der Waals surface area contributed by atoms with Crippen LogP contribution in [0.4, 0.5) is 0 Å². The number of fused-ring (bicyclic) bond motifs is 1. The molecule has 0 aliphatic rings. The van der Waals surface area contributed by atoms with Crippen LogP contribution < -0.4 is 5.43 Å². The number of aromatic nitrogens is 1. The number of ketones is 1. The van der Waals surface area contributed by atoms with Crippen LogP contribution in [0.1, 0.15) is 17.3 Å². The van der Waals surface area contributed by atoms with Gasteiger partial charge in [0, 0.05) is 27.7 Å². The minimum absolute atomic E-state index is 0.00940. The Balaban J connectivity index is 2.04.